The van der Waals surface area contributed by atoms with E-state index in [2.05, 4.69) is 0 Å². The number of Topliss-reactive ketones (excluding diaryl/α,β-unsaturated/α-hetero) is 1. The number of aryl methyl sites for hydroxylation is 1. The molecule has 1 aromatic carbocycles. The van der Waals surface area contributed by atoms with Gasteiger partial charge in [-0.2, -0.15) is 0 Å². The van der Waals surface area contributed by atoms with Crippen LogP contribution in [0.4, 0.5) is 0 Å². The number of benzene rings is 1. The molecule has 0 spiro atoms. The maximum Gasteiger partial charge on any atom is 0.348 e. The Balaban J connectivity index is 2.53. The summed E-state index contributed by atoms with van der Waals surface area (Å²) < 4.78 is 0. The normalized spacial score (nSPS) is 16.5. The van der Waals surface area contributed by atoms with Gasteiger partial charge in [-0.15, -0.1) is 0 Å². The number of rotatable bonds is 1. The van der Waals surface area contributed by atoms with Crippen molar-refractivity contribution in [3.8, 4) is 0 Å². The van der Waals surface area contributed by atoms with Crippen molar-refractivity contribution in [2.24, 2.45) is 5.41 Å². The van der Waals surface area contributed by atoms with Crippen LogP contribution in [0.25, 0.3) is 0 Å². The molecule has 0 saturated carbocycles. The summed E-state index contributed by atoms with van der Waals surface area (Å²) in [6.07, 6.45) is 0. The molecule has 5 heteroatoms. The molecule has 5 nitrogen and oxygen atoms in total. The molecule has 19 heavy (non-hydrogen) atoms. The molecule has 0 radical (unpaired) electrons. The Bertz CT molecular complexity index is 605. The molecule has 100 valence electrons. The largest absolute Gasteiger partial charge is 0.561 e. The number of hydrazine groups is 1. The predicted octanol–water partition coefficient (Wildman–Crippen LogP) is 1.79. The third-order valence-electron chi connectivity index (χ3n) is 3.01. The molecule has 1 heterocycles. The lowest BCUT2D eigenvalue weighted by atomic mass is 9.85. The first-order valence-electron chi connectivity index (χ1n) is 6.04. The van der Waals surface area contributed by atoms with Gasteiger partial charge in [0, 0.05) is 0 Å². The summed E-state index contributed by atoms with van der Waals surface area (Å²) in [4.78, 5) is 12.6. The van der Waals surface area contributed by atoms with Gasteiger partial charge in [0.1, 0.15) is 0 Å². The van der Waals surface area contributed by atoms with E-state index < -0.39 is 11.2 Å². The van der Waals surface area contributed by atoms with E-state index in [1.165, 1.54) is 0 Å². The summed E-state index contributed by atoms with van der Waals surface area (Å²) in [5.41, 5.74) is 0.670. The second kappa shape index (κ2) is 4.19. The van der Waals surface area contributed by atoms with Gasteiger partial charge in [0.05, 0.1) is 20.7 Å². The van der Waals surface area contributed by atoms with Crippen LogP contribution in [0.15, 0.2) is 24.3 Å². The maximum atomic E-state index is 12.3. The molecule has 0 atom stereocenters. The minimum Gasteiger partial charge on any atom is -0.561 e. The SMILES string of the molecule is Cc1ccc(C2=[N+]([O-])[N+]([O-])=C(C(C)(C)C)C2=O)cc1. The predicted molar refractivity (Wildman–Crippen MR) is 72.0 cm³/mol. The van der Waals surface area contributed by atoms with Gasteiger partial charge in [-0.05, 0) is 39.8 Å². The molecule has 0 aromatic heterocycles. The van der Waals surface area contributed by atoms with Crippen molar-refractivity contribution in [2.45, 2.75) is 27.7 Å². The standard InChI is InChI=1S/C14H16N2O3/c1-9-5-7-10(8-6-9)11-12(17)13(14(2,3)4)16(19)15(11)18/h5-8H,1-4H3. The minimum atomic E-state index is -0.673. The Morgan fingerprint density at radius 3 is 1.95 bits per heavy atom. The monoisotopic (exact) mass is 260 g/mol. The van der Waals surface area contributed by atoms with Crippen molar-refractivity contribution in [2.75, 3.05) is 0 Å². The van der Waals surface area contributed by atoms with E-state index in [0.29, 0.717) is 5.56 Å². The molecule has 0 aliphatic carbocycles. The lowest BCUT2D eigenvalue weighted by Gasteiger charge is -2.11. The van der Waals surface area contributed by atoms with E-state index >= 15 is 0 Å². The Morgan fingerprint density at radius 2 is 1.53 bits per heavy atom. The number of carbonyl (C=O) groups excluding carboxylic acids is 1. The van der Waals surface area contributed by atoms with E-state index in [4.69, 9.17) is 0 Å². The van der Waals surface area contributed by atoms with E-state index in [1.807, 2.05) is 6.92 Å². The smallest absolute Gasteiger partial charge is 0.348 e. The van der Waals surface area contributed by atoms with Crippen LogP contribution in [-0.2, 0) is 4.79 Å². The number of hydrogen-bond acceptors (Lipinski definition) is 3. The van der Waals surface area contributed by atoms with Crippen LogP contribution in [0.5, 0.6) is 0 Å². The number of nitrogens with zero attached hydrogens (tertiary/aromatic N) is 2. The first kappa shape index (κ1) is 13.3. The minimum absolute atomic E-state index is 0.0296. The molecule has 0 fully saturated rings. The quantitative estimate of drug-likeness (QED) is 0.571. The summed E-state index contributed by atoms with van der Waals surface area (Å²) >= 11 is 0. The van der Waals surface area contributed by atoms with Crippen molar-refractivity contribution in [1.82, 2.24) is 0 Å². The van der Waals surface area contributed by atoms with Crippen LogP contribution < -0.4 is 0 Å². The van der Waals surface area contributed by atoms with Gasteiger partial charge in [0.2, 0.25) is 0 Å². The average molecular weight is 260 g/mol. The van der Waals surface area contributed by atoms with E-state index in [-0.39, 0.29) is 21.1 Å². The first-order valence-corrected chi connectivity index (χ1v) is 6.04. The third kappa shape index (κ3) is 2.12. The molecular weight excluding hydrogens is 244 g/mol. The zero-order valence-electron chi connectivity index (χ0n) is 11.4. The van der Waals surface area contributed by atoms with Gasteiger partial charge in [-0.25, -0.2) is 0 Å². The molecular formula is C14H16N2O3. The summed E-state index contributed by atoms with van der Waals surface area (Å²) in [5.74, 6) is -0.499. The summed E-state index contributed by atoms with van der Waals surface area (Å²) in [5, 5.41) is 23.8. The zero-order valence-corrected chi connectivity index (χ0v) is 11.4. The van der Waals surface area contributed by atoms with Crippen molar-refractivity contribution >= 4 is 17.2 Å². The molecule has 0 unspecified atom stereocenters. The van der Waals surface area contributed by atoms with Crippen molar-refractivity contribution in [3.05, 3.63) is 45.8 Å². The second-order valence-electron chi connectivity index (χ2n) is 5.69. The Kier molecular flexibility index (Phi) is 2.92. The van der Waals surface area contributed by atoms with Crippen molar-refractivity contribution in [3.63, 3.8) is 0 Å². The maximum absolute atomic E-state index is 12.3. The van der Waals surface area contributed by atoms with Gasteiger partial charge in [-0.3, -0.25) is 4.79 Å². The Labute approximate surface area is 111 Å². The molecule has 1 aliphatic rings. The zero-order chi connectivity index (χ0) is 14.4. The fourth-order valence-corrected chi connectivity index (χ4v) is 2.05. The third-order valence-corrected chi connectivity index (χ3v) is 3.01. The number of hydrazone groups is 2. The van der Waals surface area contributed by atoms with Gasteiger partial charge in [0.25, 0.3) is 0 Å². The molecule has 1 aliphatic heterocycles. The van der Waals surface area contributed by atoms with Crippen molar-refractivity contribution in [1.29, 1.82) is 0 Å². The number of hydrogen-bond donors (Lipinski definition) is 0. The van der Waals surface area contributed by atoms with Crippen LogP contribution in [0.3, 0.4) is 0 Å². The summed E-state index contributed by atoms with van der Waals surface area (Å²) in [6, 6.07) is 6.95. The fourth-order valence-electron chi connectivity index (χ4n) is 2.05. The van der Waals surface area contributed by atoms with E-state index in [1.54, 1.807) is 45.0 Å². The fraction of sp³-hybridized carbons (Fsp3) is 0.357. The highest BCUT2D eigenvalue weighted by atomic mass is 16.7. The highest BCUT2D eigenvalue weighted by Gasteiger charge is 2.50. The summed E-state index contributed by atoms with van der Waals surface area (Å²) in [6.45, 7) is 7.11. The topological polar surface area (TPSA) is 69.2 Å². The molecule has 0 N–H and O–H groups in total. The van der Waals surface area contributed by atoms with Crippen LogP contribution in [0, 0.1) is 22.8 Å². The van der Waals surface area contributed by atoms with Gasteiger partial charge < -0.3 is 10.4 Å². The number of carbonyl (C=O) groups is 1. The summed E-state index contributed by atoms with van der Waals surface area (Å²) in [7, 11) is 0. The lowest BCUT2D eigenvalue weighted by Crippen LogP contribution is -2.34. The van der Waals surface area contributed by atoms with E-state index in [9.17, 15) is 15.2 Å². The van der Waals surface area contributed by atoms with E-state index in [0.717, 1.165) is 5.56 Å². The average Bonchev–Trinajstić information content (AvgIpc) is 2.51. The molecule has 0 saturated heterocycles. The molecule has 1 aromatic rings. The van der Waals surface area contributed by atoms with Crippen LogP contribution >= 0.6 is 0 Å². The van der Waals surface area contributed by atoms with Gasteiger partial charge >= 0.3 is 17.2 Å². The Morgan fingerprint density at radius 1 is 1.00 bits per heavy atom. The molecule has 2 rings (SSSR count). The van der Waals surface area contributed by atoms with Crippen LogP contribution in [0.2, 0.25) is 0 Å². The molecule has 0 bridgehead atoms. The van der Waals surface area contributed by atoms with Gasteiger partial charge in [-0.1, -0.05) is 17.7 Å². The highest BCUT2D eigenvalue weighted by Crippen LogP contribution is 2.22. The molecule has 0 amide bonds. The first-order chi connectivity index (χ1) is 8.73. The Hall–Kier alpha value is -2.17. The van der Waals surface area contributed by atoms with Crippen molar-refractivity contribution < 1.29 is 14.5 Å². The van der Waals surface area contributed by atoms with Gasteiger partial charge in [0.15, 0.2) is 0 Å². The van der Waals surface area contributed by atoms with Crippen LogP contribution in [0.1, 0.15) is 31.9 Å². The highest BCUT2D eigenvalue weighted by molar-refractivity contribution is 6.68. The second-order valence-corrected chi connectivity index (χ2v) is 5.69. The number of ketones is 1. The lowest BCUT2D eigenvalue weighted by molar-refractivity contribution is -1.05. The van der Waals surface area contributed by atoms with Crippen LogP contribution in [-0.4, -0.2) is 26.9 Å².